The van der Waals surface area contributed by atoms with Gasteiger partial charge in [0.15, 0.2) is 0 Å². The van der Waals surface area contributed by atoms with Crippen LogP contribution in [0.15, 0.2) is 42.5 Å². The summed E-state index contributed by atoms with van der Waals surface area (Å²) in [5.74, 6) is -1.82. The smallest absolute Gasteiger partial charge is 0.253 e. The Bertz CT molecular complexity index is 1070. The number of hydrogen-bond donors (Lipinski definition) is 4. The van der Waals surface area contributed by atoms with Crippen LogP contribution in [-0.2, 0) is 4.79 Å². The first kappa shape index (κ1) is 29.8. The number of phenolic OH excluding ortho intramolecular Hbond substituents is 1. The minimum Gasteiger partial charge on any atom is -0.508 e. The Morgan fingerprint density at radius 2 is 1.57 bits per heavy atom. The topological polar surface area (TPSA) is 125 Å². The van der Waals surface area contributed by atoms with Gasteiger partial charge < -0.3 is 26.4 Å². The van der Waals surface area contributed by atoms with Crippen LogP contribution in [0.25, 0.3) is 0 Å². The summed E-state index contributed by atoms with van der Waals surface area (Å²) in [5.41, 5.74) is 7.34. The molecule has 0 saturated carbocycles. The molecule has 9 heteroatoms. The Kier molecular flexibility index (Phi) is 11.1. The number of hydrogen-bond acceptors (Lipinski definition) is 5. The largest absolute Gasteiger partial charge is 0.508 e. The van der Waals surface area contributed by atoms with E-state index in [4.69, 9.17) is 5.73 Å². The lowest BCUT2D eigenvalue weighted by Gasteiger charge is -2.28. The van der Waals surface area contributed by atoms with Gasteiger partial charge in [-0.1, -0.05) is 20.8 Å². The average molecular weight is 515 g/mol. The molecule has 0 bridgehead atoms. The summed E-state index contributed by atoms with van der Waals surface area (Å²) in [4.78, 5) is 40.2. The zero-order valence-electron chi connectivity index (χ0n) is 22.3. The molecule has 2 rings (SSSR count). The van der Waals surface area contributed by atoms with E-state index in [0.29, 0.717) is 31.6 Å². The SMILES string of the molecule is CCN(CC)C(=O)c1cc(O)cc(C(=O)N[C@@H](CC(C)C)[C@@H](N)C[C@@H](C)C(=O)Nc2ccc(F)cc2)c1. The zero-order valence-corrected chi connectivity index (χ0v) is 22.3. The van der Waals surface area contributed by atoms with E-state index in [0.717, 1.165) is 0 Å². The molecule has 0 radical (unpaired) electrons. The summed E-state index contributed by atoms with van der Waals surface area (Å²) in [6, 6.07) is 8.64. The lowest BCUT2D eigenvalue weighted by Crippen LogP contribution is -2.49. The third-order valence-electron chi connectivity index (χ3n) is 6.22. The number of aromatic hydroxyl groups is 1. The number of nitrogens with one attached hydrogen (secondary N) is 2. The summed E-state index contributed by atoms with van der Waals surface area (Å²) < 4.78 is 13.1. The van der Waals surface area contributed by atoms with Gasteiger partial charge in [0.2, 0.25) is 5.91 Å². The number of nitrogens with two attached hydrogens (primary N) is 1. The summed E-state index contributed by atoms with van der Waals surface area (Å²) >= 11 is 0. The lowest BCUT2D eigenvalue weighted by atomic mass is 9.90. The molecular formula is C28H39FN4O4. The van der Waals surface area contributed by atoms with Crippen LogP contribution in [0.1, 0.15) is 68.2 Å². The second kappa shape index (κ2) is 13.7. The first-order valence-corrected chi connectivity index (χ1v) is 12.7. The molecule has 0 aliphatic heterocycles. The van der Waals surface area contributed by atoms with E-state index < -0.39 is 29.7 Å². The monoisotopic (exact) mass is 514 g/mol. The molecule has 2 aromatic carbocycles. The molecule has 0 aliphatic carbocycles. The number of halogens is 1. The molecule has 3 amide bonds. The maximum atomic E-state index is 13.2. The van der Waals surface area contributed by atoms with Crippen molar-refractivity contribution in [1.29, 1.82) is 0 Å². The fourth-order valence-corrected chi connectivity index (χ4v) is 4.14. The fourth-order valence-electron chi connectivity index (χ4n) is 4.14. The molecule has 0 heterocycles. The van der Waals surface area contributed by atoms with Crippen molar-refractivity contribution in [1.82, 2.24) is 10.2 Å². The van der Waals surface area contributed by atoms with Crippen LogP contribution >= 0.6 is 0 Å². The van der Waals surface area contributed by atoms with Gasteiger partial charge in [-0.15, -0.1) is 0 Å². The number of amides is 3. The van der Waals surface area contributed by atoms with Gasteiger partial charge in [-0.05, 0) is 75.1 Å². The van der Waals surface area contributed by atoms with Crippen LogP contribution in [0.5, 0.6) is 5.75 Å². The van der Waals surface area contributed by atoms with Crippen molar-refractivity contribution in [3.63, 3.8) is 0 Å². The highest BCUT2D eigenvalue weighted by atomic mass is 19.1. The van der Waals surface area contributed by atoms with Crippen molar-refractivity contribution in [2.45, 2.75) is 59.5 Å². The summed E-state index contributed by atoms with van der Waals surface area (Å²) in [6.07, 6.45) is 0.875. The minimum atomic E-state index is -0.533. The molecule has 3 atom stereocenters. The Balaban J connectivity index is 2.13. The van der Waals surface area contributed by atoms with E-state index in [1.54, 1.807) is 11.8 Å². The van der Waals surface area contributed by atoms with Crippen LogP contribution in [0.4, 0.5) is 10.1 Å². The van der Waals surface area contributed by atoms with Gasteiger partial charge >= 0.3 is 0 Å². The third kappa shape index (κ3) is 8.86. The Morgan fingerprint density at radius 3 is 2.14 bits per heavy atom. The molecule has 0 unspecified atom stereocenters. The Morgan fingerprint density at radius 1 is 0.973 bits per heavy atom. The standard InChI is InChI=1S/C28H39FN4O4/c1-6-33(7-2)28(37)20-14-19(15-23(34)16-20)27(36)32-25(12-17(3)4)24(30)13-18(5)26(35)31-22-10-8-21(29)9-11-22/h8-11,14-18,24-25,34H,6-7,12-13,30H2,1-5H3,(H,31,35)(H,32,36)/t18-,24+,25+/m1/s1. The third-order valence-corrected chi connectivity index (χ3v) is 6.22. The molecule has 0 aromatic heterocycles. The van der Waals surface area contributed by atoms with Gasteiger partial charge in [-0.3, -0.25) is 14.4 Å². The summed E-state index contributed by atoms with van der Waals surface area (Å²) in [7, 11) is 0. The lowest BCUT2D eigenvalue weighted by molar-refractivity contribution is -0.119. The van der Waals surface area contributed by atoms with Crippen LogP contribution in [0.3, 0.4) is 0 Å². The van der Waals surface area contributed by atoms with Crippen LogP contribution < -0.4 is 16.4 Å². The fraction of sp³-hybridized carbons (Fsp3) is 0.464. The highest BCUT2D eigenvalue weighted by Crippen LogP contribution is 2.20. The van der Waals surface area contributed by atoms with Crippen molar-refractivity contribution in [2.24, 2.45) is 17.6 Å². The van der Waals surface area contributed by atoms with E-state index >= 15 is 0 Å². The van der Waals surface area contributed by atoms with E-state index in [1.807, 2.05) is 27.7 Å². The number of benzene rings is 2. The number of nitrogens with zero attached hydrogens (tertiary/aromatic N) is 1. The Labute approximate surface area is 218 Å². The Hall–Kier alpha value is -3.46. The van der Waals surface area contributed by atoms with Crippen molar-refractivity contribution >= 4 is 23.4 Å². The highest BCUT2D eigenvalue weighted by molar-refractivity contribution is 6.00. The van der Waals surface area contributed by atoms with Crippen molar-refractivity contribution in [3.8, 4) is 5.75 Å². The highest BCUT2D eigenvalue weighted by Gasteiger charge is 2.26. The number of anilines is 1. The predicted molar refractivity (Wildman–Crippen MR) is 143 cm³/mol. The van der Waals surface area contributed by atoms with Gasteiger partial charge in [0.05, 0.1) is 0 Å². The summed E-state index contributed by atoms with van der Waals surface area (Å²) in [5, 5.41) is 15.9. The number of carbonyl (C=O) groups is 3. The minimum absolute atomic E-state index is 0.151. The molecule has 202 valence electrons. The van der Waals surface area contributed by atoms with E-state index in [-0.39, 0.29) is 34.6 Å². The predicted octanol–water partition coefficient (Wildman–Crippen LogP) is 4.15. The number of phenols is 1. The van der Waals surface area contributed by atoms with Gasteiger partial charge in [0, 0.05) is 47.9 Å². The summed E-state index contributed by atoms with van der Waals surface area (Å²) in [6.45, 7) is 10.5. The van der Waals surface area contributed by atoms with E-state index in [1.165, 1.54) is 42.5 Å². The molecule has 2 aromatic rings. The molecule has 0 aliphatic rings. The van der Waals surface area contributed by atoms with Gasteiger partial charge in [0.1, 0.15) is 11.6 Å². The van der Waals surface area contributed by atoms with Crippen molar-refractivity contribution in [3.05, 3.63) is 59.4 Å². The van der Waals surface area contributed by atoms with Crippen molar-refractivity contribution in [2.75, 3.05) is 18.4 Å². The van der Waals surface area contributed by atoms with Crippen LogP contribution in [0.2, 0.25) is 0 Å². The first-order chi connectivity index (χ1) is 17.4. The first-order valence-electron chi connectivity index (χ1n) is 12.7. The molecule has 0 spiro atoms. The molecular weight excluding hydrogens is 475 g/mol. The van der Waals surface area contributed by atoms with Crippen LogP contribution in [0, 0.1) is 17.7 Å². The number of carbonyl (C=O) groups excluding carboxylic acids is 3. The molecule has 5 N–H and O–H groups in total. The maximum Gasteiger partial charge on any atom is 0.253 e. The van der Waals surface area contributed by atoms with Gasteiger partial charge in [-0.25, -0.2) is 4.39 Å². The second-order valence-corrected chi connectivity index (χ2v) is 9.75. The molecule has 0 saturated heterocycles. The maximum absolute atomic E-state index is 13.2. The van der Waals surface area contributed by atoms with Crippen molar-refractivity contribution < 1.29 is 23.9 Å². The van der Waals surface area contributed by atoms with Crippen LogP contribution in [-0.4, -0.2) is 52.9 Å². The molecule has 8 nitrogen and oxygen atoms in total. The van der Waals surface area contributed by atoms with E-state index in [2.05, 4.69) is 10.6 Å². The average Bonchev–Trinajstić information content (AvgIpc) is 2.84. The number of rotatable bonds is 12. The normalized spacial score (nSPS) is 13.5. The second-order valence-electron chi connectivity index (χ2n) is 9.75. The quantitative estimate of drug-likeness (QED) is 0.339. The zero-order chi connectivity index (χ0) is 27.7. The molecule has 37 heavy (non-hydrogen) atoms. The van der Waals surface area contributed by atoms with E-state index in [9.17, 15) is 23.9 Å². The van der Waals surface area contributed by atoms with Gasteiger partial charge in [-0.2, -0.15) is 0 Å². The molecule has 0 fully saturated rings. The van der Waals surface area contributed by atoms with Gasteiger partial charge in [0.25, 0.3) is 11.8 Å².